The van der Waals surface area contributed by atoms with Gasteiger partial charge in [0.15, 0.2) is 0 Å². The van der Waals surface area contributed by atoms with Crippen LogP contribution in [-0.2, 0) is 16.1 Å². The van der Waals surface area contributed by atoms with Crippen molar-refractivity contribution in [2.45, 2.75) is 33.8 Å². The number of fused-ring (bicyclic) bond motifs is 1. The predicted octanol–water partition coefficient (Wildman–Crippen LogP) is 1.20. The van der Waals surface area contributed by atoms with Crippen molar-refractivity contribution in [2.75, 3.05) is 5.32 Å². The third-order valence-corrected chi connectivity index (χ3v) is 3.60. The molecule has 96 valence electrons. The first-order valence-electron chi connectivity index (χ1n) is 6.27. The molecule has 1 heterocycles. The van der Waals surface area contributed by atoms with Crippen LogP contribution in [0.5, 0.6) is 0 Å². The Morgan fingerprint density at radius 3 is 3.00 bits per heavy atom. The normalized spacial score (nSPS) is 15.4. The van der Waals surface area contributed by atoms with Crippen molar-refractivity contribution in [2.24, 2.45) is 5.92 Å². The second-order valence-corrected chi connectivity index (χ2v) is 4.77. The van der Waals surface area contributed by atoms with Crippen molar-refractivity contribution >= 4 is 24.2 Å². The largest absolute Gasteiger partial charge is 0.491 e. The Morgan fingerprint density at radius 2 is 2.33 bits per heavy atom. The minimum Gasteiger partial charge on any atom is -0.423 e. The lowest BCUT2D eigenvalue weighted by Gasteiger charge is -2.14. The second-order valence-electron chi connectivity index (χ2n) is 4.77. The fourth-order valence-electron chi connectivity index (χ4n) is 2.03. The molecule has 1 atom stereocenters. The number of benzene rings is 1. The molecule has 0 radical (unpaired) electrons. The van der Waals surface area contributed by atoms with Gasteiger partial charge in [-0.2, -0.15) is 0 Å². The molecule has 4 nitrogen and oxygen atoms in total. The van der Waals surface area contributed by atoms with Gasteiger partial charge in [0.25, 0.3) is 0 Å². The van der Waals surface area contributed by atoms with Crippen LogP contribution in [0.15, 0.2) is 12.1 Å². The molecule has 18 heavy (non-hydrogen) atoms. The monoisotopic (exact) mass is 247 g/mol. The Kier molecular flexibility index (Phi) is 3.73. The summed E-state index contributed by atoms with van der Waals surface area (Å²) in [5, 5.41) is 12.5. The number of anilines is 1. The first-order valence-corrected chi connectivity index (χ1v) is 6.27. The first kappa shape index (κ1) is 13.1. The van der Waals surface area contributed by atoms with Crippen molar-refractivity contribution in [3.05, 3.63) is 23.3 Å². The molecule has 0 bridgehead atoms. The van der Waals surface area contributed by atoms with Gasteiger partial charge in [-0.05, 0) is 36.0 Å². The average molecular weight is 247 g/mol. The third kappa shape index (κ3) is 2.28. The van der Waals surface area contributed by atoms with Gasteiger partial charge in [-0.1, -0.05) is 19.9 Å². The molecule has 2 rings (SSSR count). The molecule has 5 heteroatoms. The van der Waals surface area contributed by atoms with E-state index in [9.17, 15) is 9.82 Å². The SMILES string of the molecule is CCC(C)C(=O)Nc1ccc2c(c1C)COB2O. The number of carbonyl (C=O) groups is 1. The van der Waals surface area contributed by atoms with Gasteiger partial charge in [0.1, 0.15) is 0 Å². The number of hydrogen-bond donors (Lipinski definition) is 2. The first-order chi connectivity index (χ1) is 8.54. The van der Waals surface area contributed by atoms with Gasteiger partial charge in [-0.25, -0.2) is 0 Å². The summed E-state index contributed by atoms with van der Waals surface area (Å²) in [6, 6.07) is 3.64. The van der Waals surface area contributed by atoms with E-state index in [4.69, 9.17) is 4.65 Å². The molecule has 1 amide bonds. The minimum absolute atomic E-state index is 0.000468. The summed E-state index contributed by atoms with van der Waals surface area (Å²) >= 11 is 0. The number of rotatable bonds is 3. The zero-order valence-electron chi connectivity index (χ0n) is 11.0. The van der Waals surface area contributed by atoms with Crippen LogP contribution in [0.25, 0.3) is 0 Å². The van der Waals surface area contributed by atoms with E-state index < -0.39 is 7.12 Å². The molecular weight excluding hydrogens is 229 g/mol. The van der Waals surface area contributed by atoms with Crippen LogP contribution in [-0.4, -0.2) is 18.0 Å². The van der Waals surface area contributed by atoms with E-state index in [2.05, 4.69) is 5.32 Å². The fourth-order valence-corrected chi connectivity index (χ4v) is 2.03. The highest BCUT2D eigenvalue weighted by molar-refractivity contribution is 6.61. The molecule has 1 unspecified atom stereocenters. The number of amides is 1. The van der Waals surface area contributed by atoms with E-state index in [0.29, 0.717) is 6.61 Å². The molecule has 0 saturated heterocycles. The maximum absolute atomic E-state index is 11.9. The van der Waals surface area contributed by atoms with Crippen molar-refractivity contribution in [1.82, 2.24) is 0 Å². The van der Waals surface area contributed by atoms with Gasteiger partial charge in [-0.15, -0.1) is 0 Å². The van der Waals surface area contributed by atoms with Crippen LogP contribution in [0.1, 0.15) is 31.4 Å². The molecule has 0 fully saturated rings. The Balaban J connectivity index is 2.24. The Hall–Kier alpha value is -1.33. The fraction of sp³-hybridized carbons (Fsp3) is 0.462. The highest BCUT2D eigenvalue weighted by Crippen LogP contribution is 2.22. The maximum Gasteiger partial charge on any atom is 0.491 e. The van der Waals surface area contributed by atoms with Gasteiger partial charge in [0.05, 0.1) is 6.61 Å². The van der Waals surface area contributed by atoms with Crippen molar-refractivity contribution in [1.29, 1.82) is 0 Å². The molecule has 0 spiro atoms. The van der Waals surface area contributed by atoms with Gasteiger partial charge < -0.3 is 15.0 Å². The quantitative estimate of drug-likeness (QED) is 0.789. The van der Waals surface area contributed by atoms with E-state index in [1.165, 1.54) is 0 Å². The maximum atomic E-state index is 11.9. The highest BCUT2D eigenvalue weighted by Gasteiger charge is 2.29. The molecule has 1 aromatic rings. The summed E-state index contributed by atoms with van der Waals surface area (Å²) in [6.07, 6.45) is 0.817. The summed E-state index contributed by atoms with van der Waals surface area (Å²) < 4.78 is 5.18. The van der Waals surface area contributed by atoms with Crippen LogP contribution in [0, 0.1) is 12.8 Å². The third-order valence-electron chi connectivity index (χ3n) is 3.60. The zero-order valence-corrected chi connectivity index (χ0v) is 11.0. The van der Waals surface area contributed by atoms with E-state index >= 15 is 0 Å². The van der Waals surface area contributed by atoms with Crippen molar-refractivity contribution < 1.29 is 14.5 Å². The lowest BCUT2D eigenvalue weighted by Crippen LogP contribution is -2.28. The summed E-state index contributed by atoms with van der Waals surface area (Å²) in [7, 11) is -0.835. The van der Waals surface area contributed by atoms with Gasteiger partial charge in [-0.3, -0.25) is 4.79 Å². The van der Waals surface area contributed by atoms with Crippen LogP contribution in [0.3, 0.4) is 0 Å². The van der Waals surface area contributed by atoms with E-state index in [1.807, 2.05) is 32.9 Å². The van der Waals surface area contributed by atoms with Crippen LogP contribution >= 0.6 is 0 Å². The van der Waals surface area contributed by atoms with Crippen LogP contribution in [0.4, 0.5) is 5.69 Å². The van der Waals surface area contributed by atoms with Crippen LogP contribution in [0.2, 0.25) is 0 Å². The predicted molar refractivity (Wildman–Crippen MR) is 71.7 cm³/mol. The van der Waals surface area contributed by atoms with Gasteiger partial charge >= 0.3 is 7.12 Å². The number of hydrogen-bond acceptors (Lipinski definition) is 3. The molecular formula is C13H18BNO3. The molecule has 0 saturated carbocycles. The smallest absolute Gasteiger partial charge is 0.423 e. The Bertz CT molecular complexity index is 476. The van der Waals surface area contributed by atoms with Crippen molar-refractivity contribution in [3.8, 4) is 0 Å². The Morgan fingerprint density at radius 1 is 1.61 bits per heavy atom. The van der Waals surface area contributed by atoms with E-state index in [1.54, 1.807) is 0 Å². The highest BCUT2D eigenvalue weighted by atomic mass is 16.5. The molecule has 0 aromatic heterocycles. The summed E-state index contributed by atoms with van der Waals surface area (Å²) in [5.41, 5.74) is 3.55. The van der Waals surface area contributed by atoms with E-state index in [0.717, 1.165) is 28.7 Å². The standard InChI is InChI=1S/C13H18BNO3/c1-4-8(2)13(16)15-12-6-5-11-10(9(12)3)7-18-14(11)17/h5-6,8,17H,4,7H2,1-3H3,(H,15,16). The summed E-state index contributed by atoms with van der Waals surface area (Å²) in [6.45, 7) is 6.23. The molecule has 0 aliphatic carbocycles. The van der Waals surface area contributed by atoms with Crippen molar-refractivity contribution in [3.63, 3.8) is 0 Å². The lowest BCUT2D eigenvalue weighted by atomic mass is 9.78. The van der Waals surface area contributed by atoms with Gasteiger partial charge in [0, 0.05) is 11.6 Å². The zero-order chi connectivity index (χ0) is 13.3. The Labute approximate surface area is 107 Å². The topological polar surface area (TPSA) is 58.6 Å². The van der Waals surface area contributed by atoms with Gasteiger partial charge in [0.2, 0.25) is 5.91 Å². The minimum atomic E-state index is -0.835. The average Bonchev–Trinajstić information content (AvgIpc) is 2.74. The summed E-state index contributed by atoms with van der Waals surface area (Å²) in [5.74, 6) is 0.0273. The van der Waals surface area contributed by atoms with Crippen LogP contribution < -0.4 is 10.8 Å². The number of nitrogens with one attached hydrogen (secondary N) is 1. The summed E-state index contributed by atoms with van der Waals surface area (Å²) in [4.78, 5) is 11.9. The molecule has 1 aliphatic heterocycles. The number of carbonyl (C=O) groups excluding carboxylic acids is 1. The lowest BCUT2D eigenvalue weighted by molar-refractivity contribution is -0.119. The second kappa shape index (κ2) is 5.12. The molecule has 2 N–H and O–H groups in total. The molecule has 1 aromatic carbocycles. The molecule has 1 aliphatic rings. The van der Waals surface area contributed by atoms with E-state index in [-0.39, 0.29) is 11.8 Å².